The van der Waals surface area contributed by atoms with Gasteiger partial charge in [0.05, 0.1) is 11.6 Å². The van der Waals surface area contributed by atoms with Crippen LogP contribution in [-0.2, 0) is 6.42 Å². The molecule has 0 spiro atoms. The first-order chi connectivity index (χ1) is 8.56. The van der Waals surface area contributed by atoms with Gasteiger partial charge < -0.3 is 10.1 Å². The third kappa shape index (κ3) is 4.99. The van der Waals surface area contributed by atoms with Gasteiger partial charge in [0.25, 0.3) is 0 Å². The number of rotatable bonds is 7. The predicted octanol–water partition coefficient (Wildman–Crippen LogP) is 4.02. The fraction of sp³-hybridized carbons (Fsp3) is 0.600. The van der Waals surface area contributed by atoms with Crippen LogP contribution >= 0.6 is 15.9 Å². The molecule has 1 aromatic rings. The molecule has 102 valence electrons. The van der Waals surface area contributed by atoms with Crippen molar-refractivity contribution in [2.45, 2.75) is 39.2 Å². The largest absolute Gasteiger partial charge is 0.496 e. The molecular formula is C15H24BrNO. The number of ether oxygens (including phenoxy) is 1. The fourth-order valence-corrected chi connectivity index (χ4v) is 2.74. The zero-order chi connectivity index (χ0) is 13.5. The lowest BCUT2D eigenvalue weighted by atomic mass is 9.97. The van der Waals surface area contributed by atoms with Gasteiger partial charge in [-0.15, -0.1) is 0 Å². The lowest BCUT2D eigenvalue weighted by Gasteiger charge is -2.18. The Morgan fingerprint density at radius 2 is 2.06 bits per heavy atom. The summed E-state index contributed by atoms with van der Waals surface area (Å²) >= 11 is 3.53. The second-order valence-corrected chi connectivity index (χ2v) is 5.98. The monoisotopic (exact) mass is 313 g/mol. The van der Waals surface area contributed by atoms with Crippen molar-refractivity contribution >= 4 is 15.9 Å². The van der Waals surface area contributed by atoms with Crippen LogP contribution in [0.1, 0.15) is 32.3 Å². The Morgan fingerprint density at radius 3 is 2.56 bits per heavy atom. The zero-order valence-electron chi connectivity index (χ0n) is 11.8. The quantitative estimate of drug-likeness (QED) is 0.820. The van der Waals surface area contributed by atoms with E-state index in [0.717, 1.165) is 22.6 Å². The van der Waals surface area contributed by atoms with E-state index in [1.807, 2.05) is 6.07 Å². The molecule has 1 rings (SSSR count). The molecule has 0 radical (unpaired) electrons. The maximum absolute atomic E-state index is 5.24. The van der Waals surface area contributed by atoms with Crippen LogP contribution in [0.3, 0.4) is 0 Å². The number of halogens is 1. The lowest BCUT2D eigenvalue weighted by molar-refractivity contribution is 0.411. The smallest absolute Gasteiger partial charge is 0.133 e. The van der Waals surface area contributed by atoms with Crippen molar-refractivity contribution < 1.29 is 4.74 Å². The standard InChI is InChI=1S/C15H24BrNO/c1-11(2)9-13(17-3)7-5-12-6-8-15(18-4)14(16)10-12/h6,8,10-11,13,17H,5,7,9H2,1-4H3. The molecule has 1 atom stereocenters. The van der Waals surface area contributed by atoms with Gasteiger partial charge >= 0.3 is 0 Å². The second kappa shape index (κ2) is 7.80. The van der Waals surface area contributed by atoms with Gasteiger partial charge in [0.15, 0.2) is 0 Å². The molecule has 0 aromatic heterocycles. The average molecular weight is 314 g/mol. The topological polar surface area (TPSA) is 21.3 Å². The molecule has 1 aromatic carbocycles. The van der Waals surface area contributed by atoms with Crippen LogP contribution in [0.25, 0.3) is 0 Å². The van der Waals surface area contributed by atoms with E-state index in [1.54, 1.807) is 7.11 Å². The van der Waals surface area contributed by atoms with Crippen molar-refractivity contribution in [2.24, 2.45) is 5.92 Å². The molecule has 1 unspecified atom stereocenters. The van der Waals surface area contributed by atoms with Crippen molar-refractivity contribution in [3.05, 3.63) is 28.2 Å². The lowest BCUT2D eigenvalue weighted by Crippen LogP contribution is -2.27. The summed E-state index contributed by atoms with van der Waals surface area (Å²) in [5.41, 5.74) is 1.35. The van der Waals surface area contributed by atoms with Crippen molar-refractivity contribution in [3.8, 4) is 5.75 Å². The van der Waals surface area contributed by atoms with Crippen LogP contribution in [0.5, 0.6) is 5.75 Å². The third-order valence-electron chi connectivity index (χ3n) is 3.16. The summed E-state index contributed by atoms with van der Waals surface area (Å²) in [5.74, 6) is 1.64. The zero-order valence-corrected chi connectivity index (χ0v) is 13.4. The van der Waals surface area contributed by atoms with E-state index in [2.05, 4.69) is 54.3 Å². The Balaban J connectivity index is 2.54. The maximum Gasteiger partial charge on any atom is 0.133 e. The molecule has 1 N–H and O–H groups in total. The van der Waals surface area contributed by atoms with E-state index in [1.165, 1.54) is 18.4 Å². The second-order valence-electron chi connectivity index (χ2n) is 5.12. The number of hydrogen-bond donors (Lipinski definition) is 1. The highest BCUT2D eigenvalue weighted by atomic mass is 79.9. The van der Waals surface area contributed by atoms with Crippen molar-refractivity contribution in [2.75, 3.05) is 14.2 Å². The van der Waals surface area contributed by atoms with Gasteiger partial charge in [-0.3, -0.25) is 0 Å². The van der Waals surface area contributed by atoms with Crippen molar-refractivity contribution in [1.82, 2.24) is 5.32 Å². The summed E-state index contributed by atoms with van der Waals surface area (Å²) in [5, 5.41) is 3.40. The van der Waals surface area contributed by atoms with E-state index in [0.29, 0.717) is 6.04 Å². The molecule has 0 saturated heterocycles. The molecule has 0 aliphatic carbocycles. The van der Waals surface area contributed by atoms with E-state index in [4.69, 9.17) is 4.74 Å². The first kappa shape index (κ1) is 15.5. The summed E-state index contributed by atoms with van der Waals surface area (Å²) in [4.78, 5) is 0. The van der Waals surface area contributed by atoms with E-state index in [9.17, 15) is 0 Å². The van der Waals surface area contributed by atoms with Gasteiger partial charge in [-0.05, 0) is 65.9 Å². The Bertz CT molecular complexity index is 366. The summed E-state index contributed by atoms with van der Waals surface area (Å²) in [7, 11) is 3.75. The molecular weight excluding hydrogens is 290 g/mol. The third-order valence-corrected chi connectivity index (χ3v) is 3.78. The molecule has 2 nitrogen and oxygen atoms in total. The first-order valence-corrected chi connectivity index (χ1v) is 7.35. The molecule has 0 fully saturated rings. The summed E-state index contributed by atoms with van der Waals surface area (Å²) in [6.07, 6.45) is 3.50. The highest BCUT2D eigenvalue weighted by Gasteiger charge is 2.09. The first-order valence-electron chi connectivity index (χ1n) is 6.56. The highest BCUT2D eigenvalue weighted by molar-refractivity contribution is 9.10. The number of benzene rings is 1. The van der Waals surface area contributed by atoms with Gasteiger partial charge in [-0.2, -0.15) is 0 Å². The number of nitrogens with one attached hydrogen (secondary N) is 1. The SMILES string of the molecule is CNC(CCc1ccc(OC)c(Br)c1)CC(C)C. The number of methoxy groups -OCH3 is 1. The molecule has 3 heteroatoms. The van der Waals surface area contributed by atoms with E-state index in [-0.39, 0.29) is 0 Å². The number of hydrogen-bond acceptors (Lipinski definition) is 2. The van der Waals surface area contributed by atoms with Crippen LogP contribution < -0.4 is 10.1 Å². The Hall–Kier alpha value is -0.540. The molecule has 0 bridgehead atoms. The van der Waals surface area contributed by atoms with Gasteiger partial charge in [-0.25, -0.2) is 0 Å². The molecule has 0 aliphatic rings. The summed E-state index contributed by atoms with van der Waals surface area (Å²) in [6.45, 7) is 4.54. The molecule has 0 heterocycles. The van der Waals surface area contributed by atoms with Gasteiger partial charge in [0.2, 0.25) is 0 Å². The summed E-state index contributed by atoms with van der Waals surface area (Å²) < 4.78 is 6.27. The average Bonchev–Trinajstić information content (AvgIpc) is 2.34. The fourth-order valence-electron chi connectivity index (χ4n) is 2.16. The van der Waals surface area contributed by atoms with Crippen LogP contribution in [-0.4, -0.2) is 20.2 Å². The Kier molecular flexibility index (Phi) is 6.72. The number of aryl methyl sites for hydroxylation is 1. The van der Waals surface area contributed by atoms with Crippen molar-refractivity contribution in [1.29, 1.82) is 0 Å². The molecule has 0 aliphatic heterocycles. The van der Waals surface area contributed by atoms with Crippen LogP contribution in [0, 0.1) is 5.92 Å². The van der Waals surface area contributed by atoms with Crippen LogP contribution in [0.4, 0.5) is 0 Å². The Morgan fingerprint density at radius 1 is 1.33 bits per heavy atom. The molecule has 18 heavy (non-hydrogen) atoms. The molecule has 0 saturated carbocycles. The van der Waals surface area contributed by atoms with Gasteiger partial charge in [0, 0.05) is 6.04 Å². The molecule has 0 amide bonds. The van der Waals surface area contributed by atoms with Crippen LogP contribution in [0.15, 0.2) is 22.7 Å². The van der Waals surface area contributed by atoms with E-state index < -0.39 is 0 Å². The van der Waals surface area contributed by atoms with E-state index >= 15 is 0 Å². The van der Waals surface area contributed by atoms with Crippen LogP contribution in [0.2, 0.25) is 0 Å². The van der Waals surface area contributed by atoms with Gasteiger partial charge in [0.1, 0.15) is 5.75 Å². The highest BCUT2D eigenvalue weighted by Crippen LogP contribution is 2.26. The minimum Gasteiger partial charge on any atom is -0.496 e. The Labute approximate surface area is 119 Å². The van der Waals surface area contributed by atoms with Gasteiger partial charge in [-0.1, -0.05) is 19.9 Å². The maximum atomic E-state index is 5.24. The normalized spacial score (nSPS) is 12.8. The minimum absolute atomic E-state index is 0.603. The summed E-state index contributed by atoms with van der Waals surface area (Å²) in [6, 6.07) is 6.92. The minimum atomic E-state index is 0.603. The van der Waals surface area contributed by atoms with Crippen molar-refractivity contribution in [3.63, 3.8) is 0 Å². The predicted molar refractivity (Wildman–Crippen MR) is 81.3 cm³/mol.